The molecule has 0 saturated heterocycles. The van der Waals surface area contributed by atoms with Crippen molar-refractivity contribution in [3.63, 3.8) is 0 Å². The van der Waals surface area contributed by atoms with Gasteiger partial charge in [-0.15, -0.1) is 12.4 Å². The number of hydrogen-bond donors (Lipinski definition) is 3. The second-order valence-electron chi connectivity index (χ2n) is 5.94. The van der Waals surface area contributed by atoms with Crippen LogP contribution in [0.5, 0.6) is 11.5 Å². The zero-order chi connectivity index (χ0) is 16.8. The monoisotopic (exact) mass is 358 g/mol. The van der Waals surface area contributed by atoms with Crippen molar-refractivity contribution in [2.75, 3.05) is 27.3 Å². The lowest BCUT2D eigenvalue weighted by molar-refractivity contribution is -0.126. The maximum atomic E-state index is 12.3. The average molecular weight is 359 g/mol. The molecule has 1 amide bonds. The molecule has 1 aromatic rings. The molecule has 1 aliphatic carbocycles. The van der Waals surface area contributed by atoms with Gasteiger partial charge in [0.15, 0.2) is 0 Å². The second kappa shape index (κ2) is 9.71. The lowest BCUT2D eigenvalue weighted by Crippen LogP contribution is -2.37. The number of nitrogens with two attached hydrogens (primary N) is 1. The smallest absolute Gasteiger partial charge is 0.223 e. The molecule has 2 rings (SSSR count). The summed E-state index contributed by atoms with van der Waals surface area (Å²) in [5, 5.41) is 13.2. The average Bonchev–Trinajstić information content (AvgIpc) is 3.07. The molecule has 7 heteroatoms. The van der Waals surface area contributed by atoms with E-state index in [9.17, 15) is 9.90 Å². The fraction of sp³-hybridized carbons (Fsp3) is 0.588. The topological polar surface area (TPSA) is 93.8 Å². The Hall–Kier alpha value is -1.50. The minimum atomic E-state index is -0.819. The number of amides is 1. The van der Waals surface area contributed by atoms with Crippen molar-refractivity contribution in [1.29, 1.82) is 0 Å². The Morgan fingerprint density at radius 3 is 2.46 bits per heavy atom. The van der Waals surface area contributed by atoms with E-state index in [0.29, 0.717) is 23.6 Å². The van der Waals surface area contributed by atoms with Gasteiger partial charge in [-0.1, -0.05) is 6.42 Å². The van der Waals surface area contributed by atoms with Gasteiger partial charge in [-0.3, -0.25) is 4.79 Å². The number of rotatable bonds is 7. The Morgan fingerprint density at radius 1 is 1.29 bits per heavy atom. The second-order valence-corrected chi connectivity index (χ2v) is 5.94. The first kappa shape index (κ1) is 20.5. The number of aliphatic hydroxyl groups is 1. The molecule has 0 heterocycles. The van der Waals surface area contributed by atoms with Gasteiger partial charge in [0.1, 0.15) is 11.5 Å². The molecule has 136 valence electrons. The number of carbonyl (C=O) groups is 1. The van der Waals surface area contributed by atoms with E-state index in [0.717, 1.165) is 19.3 Å². The zero-order valence-electron chi connectivity index (χ0n) is 14.2. The van der Waals surface area contributed by atoms with Crippen molar-refractivity contribution < 1.29 is 19.4 Å². The van der Waals surface area contributed by atoms with Crippen LogP contribution in [-0.2, 0) is 4.79 Å². The number of aliphatic hydroxyl groups excluding tert-OH is 1. The Morgan fingerprint density at radius 2 is 1.92 bits per heavy atom. The third-order valence-electron chi connectivity index (χ3n) is 4.53. The normalized spacial score (nSPS) is 20.8. The molecular formula is C17H27ClN2O4. The number of benzene rings is 1. The first-order chi connectivity index (χ1) is 11.1. The van der Waals surface area contributed by atoms with Crippen LogP contribution >= 0.6 is 12.4 Å². The molecule has 4 N–H and O–H groups in total. The van der Waals surface area contributed by atoms with Crippen molar-refractivity contribution in [1.82, 2.24) is 5.32 Å². The summed E-state index contributed by atoms with van der Waals surface area (Å²) in [5.74, 6) is 1.40. The highest BCUT2D eigenvalue weighted by molar-refractivity contribution is 5.85. The van der Waals surface area contributed by atoms with Crippen LogP contribution in [0.4, 0.5) is 0 Å². The summed E-state index contributed by atoms with van der Waals surface area (Å²) in [5.41, 5.74) is 6.36. The van der Waals surface area contributed by atoms with Crippen LogP contribution in [0.2, 0.25) is 0 Å². The predicted molar refractivity (Wildman–Crippen MR) is 94.6 cm³/mol. The summed E-state index contributed by atoms with van der Waals surface area (Å²) in [7, 11) is 3.11. The van der Waals surface area contributed by atoms with Crippen molar-refractivity contribution in [3.8, 4) is 11.5 Å². The van der Waals surface area contributed by atoms with E-state index in [4.69, 9.17) is 15.2 Å². The standard InChI is InChI=1S/C17H26N2O4.ClH/c1-22-13-6-12(7-14(8-13)23-2)16(20)10-19-17(21)15-5-3-4-11(15)9-18;/h6-8,11,15-16,20H,3-5,9-10,18H2,1-2H3,(H,19,21);1H/t11-,15-,16?;/m1./s1. The highest BCUT2D eigenvalue weighted by atomic mass is 35.5. The molecule has 0 bridgehead atoms. The van der Waals surface area contributed by atoms with Gasteiger partial charge in [-0.05, 0) is 43.0 Å². The molecule has 0 aromatic heterocycles. The molecule has 1 aromatic carbocycles. The third-order valence-corrected chi connectivity index (χ3v) is 4.53. The molecule has 0 radical (unpaired) electrons. The summed E-state index contributed by atoms with van der Waals surface area (Å²) in [6.45, 7) is 0.691. The molecular weight excluding hydrogens is 332 g/mol. The Bertz CT molecular complexity index is 519. The van der Waals surface area contributed by atoms with E-state index >= 15 is 0 Å². The van der Waals surface area contributed by atoms with E-state index < -0.39 is 6.10 Å². The molecule has 3 atom stereocenters. The predicted octanol–water partition coefficient (Wildman–Crippen LogP) is 1.65. The van der Waals surface area contributed by atoms with E-state index in [-0.39, 0.29) is 36.7 Å². The summed E-state index contributed by atoms with van der Waals surface area (Å²) in [6, 6.07) is 5.20. The van der Waals surface area contributed by atoms with Crippen molar-refractivity contribution in [2.45, 2.75) is 25.4 Å². The molecule has 1 saturated carbocycles. The van der Waals surface area contributed by atoms with Crippen molar-refractivity contribution in [2.24, 2.45) is 17.6 Å². The lowest BCUT2D eigenvalue weighted by Gasteiger charge is -2.19. The zero-order valence-corrected chi connectivity index (χ0v) is 15.0. The van der Waals surface area contributed by atoms with E-state index in [1.165, 1.54) is 0 Å². The van der Waals surface area contributed by atoms with E-state index in [2.05, 4.69) is 5.32 Å². The molecule has 0 spiro atoms. The van der Waals surface area contributed by atoms with Crippen LogP contribution in [0.15, 0.2) is 18.2 Å². The Balaban J connectivity index is 0.00000288. The highest BCUT2D eigenvalue weighted by Crippen LogP contribution is 2.31. The molecule has 6 nitrogen and oxygen atoms in total. The number of halogens is 1. The summed E-state index contributed by atoms with van der Waals surface area (Å²) in [6.07, 6.45) is 2.09. The van der Waals surface area contributed by atoms with Gasteiger partial charge in [0, 0.05) is 18.5 Å². The maximum absolute atomic E-state index is 12.3. The number of methoxy groups -OCH3 is 2. The van der Waals surface area contributed by atoms with Gasteiger partial charge in [-0.2, -0.15) is 0 Å². The van der Waals surface area contributed by atoms with Crippen LogP contribution in [0.3, 0.4) is 0 Å². The molecule has 0 aliphatic heterocycles. The third kappa shape index (κ3) is 5.00. The minimum absolute atomic E-state index is 0. The SMILES string of the molecule is COc1cc(OC)cc(C(O)CNC(=O)[C@@H]2CCC[C@@H]2CN)c1.Cl. The molecule has 1 aliphatic rings. The maximum Gasteiger partial charge on any atom is 0.223 e. The molecule has 24 heavy (non-hydrogen) atoms. The molecule has 1 fully saturated rings. The summed E-state index contributed by atoms with van der Waals surface area (Å²) >= 11 is 0. The highest BCUT2D eigenvalue weighted by Gasteiger charge is 2.31. The van der Waals surface area contributed by atoms with Gasteiger partial charge in [-0.25, -0.2) is 0 Å². The van der Waals surface area contributed by atoms with Crippen LogP contribution in [0.25, 0.3) is 0 Å². The van der Waals surface area contributed by atoms with Crippen LogP contribution in [0, 0.1) is 11.8 Å². The number of hydrogen-bond acceptors (Lipinski definition) is 5. The first-order valence-electron chi connectivity index (χ1n) is 7.97. The quantitative estimate of drug-likeness (QED) is 0.689. The molecule has 1 unspecified atom stereocenters. The van der Waals surface area contributed by atoms with E-state index in [1.807, 2.05) is 0 Å². The fourth-order valence-corrected chi connectivity index (χ4v) is 3.13. The largest absolute Gasteiger partial charge is 0.497 e. The van der Waals surface area contributed by atoms with Crippen LogP contribution in [0.1, 0.15) is 30.9 Å². The summed E-state index contributed by atoms with van der Waals surface area (Å²) in [4.78, 5) is 12.3. The van der Waals surface area contributed by atoms with Gasteiger partial charge in [0.25, 0.3) is 0 Å². The number of nitrogens with one attached hydrogen (secondary N) is 1. The first-order valence-corrected chi connectivity index (χ1v) is 7.97. The van der Waals surface area contributed by atoms with Crippen molar-refractivity contribution in [3.05, 3.63) is 23.8 Å². The van der Waals surface area contributed by atoms with E-state index in [1.54, 1.807) is 32.4 Å². The number of carbonyl (C=O) groups excluding carboxylic acids is 1. The lowest BCUT2D eigenvalue weighted by atomic mass is 9.95. The number of ether oxygens (including phenoxy) is 2. The van der Waals surface area contributed by atoms with Crippen LogP contribution < -0.4 is 20.5 Å². The fourth-order valence-electron chi connectivity index (χ4n) is 3.13. The van der Waals surface area contributed by atoms with Gasteiger partial charge in [0.2, 0.25) is 5.91 Å². The minimum Gasteiger partial charge on any atom is -0.497 e. The van der Waals surface area contributed by atoms with Crippen molar-refractivity contribution >= 4 is 18.3 Å². The van der Waals surface area contributed by atoms with Gasteiger partial charge < -0.3 is 25.6 Å². The Kier molecular flexibility index (Phi) is 8.31. The van der Waals surface area contributed by atoms with Gasteiger partial charge >= 0.3 is 0 Å². The van der Waals surface area contributed by atoms with Gasteiger partial charge in [0.05, 0.1) is 20.3 Å². The Labute approximate surface area is 149 Å². The van der Waals surface area contributed by atoms with Crippen LogP contribution in [-0.4, -0.2) is 38.3 Å². The summed E-state index contributed by atoms with van der Waals surface area (Å²) < 4.78 is 10.4.